The molecule has 2 atom stereocenters. The summed E-state index contributed by atoms with van der Waals surface area (Å²) in [7, 11) is 0. The van der Waals surface area contributed by atoms with Crippen LogP contribution in [-0.4, -0.2) is 42.1 Å². The minimum absolute atomic E-state index is 0.123. The SMILES string of the molecule is O=C(c1ccccc1C(F)(F)F)C1CC2COCC(C1)N2C(=O)OCc1ccccc1. The maximum Gasteiger partial charge on any atom is 0.417 e. The Hall–Kier alpha value is -2.87. The maximum absolute atomic E-state index is 13.4. The lowest BCUT2D eigenvalue weighted by Crippen LogP contribution is -2.60. The molecule has 1 amide bonds. The highest BCUT2D eigenvalue weighted by molar-refractivity contribution is 5.99. The first-order chi connectivity index (χ1) is 14.8. The molecule has 164 valence electrons. The number of Topliss-reactive ketones (excluding diaryl/α,β-unsaturated/α-hetero) is 1. The average Bonchev–Trinajstić information content (AvgIpc) is 2.76. The predicted octanol–water partition coefficient (Wildman–Crippen LogP) is 4.70. The van der Waals surface area contributed by atoms with E-state index in [1.165, 1.54) is 18.2 Å². The summed E-state index contributed by atoms with van der Waals surface area (Å²) in [5.74, 6) is -1.15. The predicted molar refractivity (Wildman–Crippen MR) is 105 cm³/mol. The van der Waals surface area contributed by atoms with Crippen molar-refractivity contribution in [1.29, 1.82) is 0 Å². The number of ketones is 1. The lowest BCUT2D eigenvalue weighted by Gasteiger charge is -2.47. The third-order valence-electron chi connectivity index (χ3n) is 5.81. The molecule has 5 nitrogen and oxygen atoms in total. The monoisotopic (exact) mass is 433 g/mol. The largest absolute Gasteiger partial charge is 0.445 e. The van der Waals surface area contributed by atoms with Crippen molar-refractivity contribution in [2.45, 2.75) is 37.7 Å². The van der Waals surface area contributed by atoms with E-state index < -0.39 is 41.6 Å². The summed E-state index contributed by atoms with van der Waals surface area (Å²) in [6, 6.07) is 13.3. The molecule has 0 spiro atoms. The van der Waals surface area contributed by atoms with Crippen molar-refractivity contribution in [2.75, 3.05) is 13.2 Å². The second kappa shape index (κ2) is 8.70. The van der Waals surface area contributed by atoms with Gasteiger partial charge in [0, 0.05) is 11.5 Å². The van der Waals surface area contributed by atoms with E-state index in [0.717, 1.165) is 11.6 Å². The summed E-state index contributed by atoms with van der Waals surface area (Å²) in [6.07, 6.45) is -4.62. The number of benzene rings is 2. The Balaban J connectivity index is 1.47. The van der Waals surface area contributed by atoms with Crippen molar-refractivity contribution in [1.82, 2.24) is 4.90 Å². The fraction of sp³-hybridized carbons (Fsp3) is 0.391. The van der Waals surface area contributed by atoms with Crippen LogP contribution in [0.3, 0.4) is 0 Å². The van der Waals surface area contributed by atoms with Gasteiger partial charge in [-0.1, -0.05) is 48.5 Å². The number of ether oxygens (including phenoxy) is 2. The summed E-state index contributed by atoms with van der Waals surface area (Å²) >= 11 is 0. The maximum atomic E-state index is 13.4. The molecule has 2 aliphatic heterocycles. The van der Waals surface area contributed by atoms with Gasteiger partial charge in [-0.3, -0.25) is 9.69 Å². The van der Waals surface area contributed by atoms with Gasteiger partial charge in [0.25, 0.3) is 0 Å². The Morgan fingerprint density at radius 3 is 2.23 bits per heavy atom. The van der Waals surface area contributed by atoms with Gasteiger partial charge >= 0.3 is 12.3 Å². The molecule has 2 aromatic carbocycles. The summed E-state index contributed by atoms with van der Waals surface area (Å²) in [6.45, 7) is 0.570. The lowest BCUT2D eigenvalue weighted by atomic mass is 9.80. The van der Waals surface area contributed by atoms with Crippen LogP contribution in [-0.2, 0) is 22.3 Å². The Bertz CT molecular complexity index is 933. The number of fused-ring (bicyclic) bond motifs is 2. The zero-order valence-corrected chi connectivity index (χ0v) is 16.7. The molecule has 2 bridgehead atoms. The van der Waals surface area contributed by atoms with Crippen molar-refractivity contribution in [2.24, 2.45) is 5.92 Å². The molecule has 2 saturated heterocycles. The molecule has 2 unspecified atom stereocenters. The van der Waals surface area contributed by atoms with E-state index in [2.05, 4.69) is 0 Å². The molecule has 0 aliphatic carbocycles. The van der Waals surface area contributed by atoms with Gasteiger partial charge in [0.1, 0.15) is 6.61 Å². The highest BCUT2D eigenvalue weighted by Gasteiger charge is 2.45. The molecular weight excluding hydrogens is 411 g/mol. The summed E-state index contributed by atoms with van der Waals surface area (Å²) < 4.78 is 51.1. The van der Waals surface area contributed by atoms with Gasteiger partial charge in [0.2, 0.25) is 0 Å². The van der Waals surface area contributed by atoms with Gasteiger partial charge in [-0.15, -0.1) is 0 Å². The van der Waals surface area contributed by atoms with Gasteiger partial charge in [-0.05, 0) is 24.5 Å². The molecular formula is C23H22F3NO4. The van der Waals surface area contributed by atoms with E-state index in [1.807, 2.05) is 30.3 Å². The van der Waals surface area contributed by atoms with Crippen LogP contribution in [0.2, 0.25) is 0 Å². The van der Waals surface area contributed by atoms with Gasteiger partial charge in [0.15, 0.2) is 5.78 Å². The average molecular weight is 433 g/mol. The van der Waals surface area contributed by atoms with Crippen molar-refractivity contribution >= 4 is 11.9 Å². The number of amides is 1. The highest BCUT2D eigenvalue weighted by atomic mass is 19.4. The molecule has 4 rings (SSSR count). The molecule has 2 heterocycles. The van der Waals surface area contributed by atoms with Crippen LogP contribution in [0.4, 0.5) is 18.0 Å². The number of nitrogens with zero attached hydrogens (tertiary/aromatic N) is 1. The van der Waals surface area contributed by atoms with Crippen LogP contribution in [0, 0.1) is 5.92 Å². The number of piperidine rings is 1. The first-order valence-corrected chi connectivity index (χ1v) is 10.1. The topological polar surface area (TPSA) is 55.8 Å². The minimum atomic E-state index is -4.60. The number of alkyl halides is 3. The minimum Gasteiger partial charge on any atom is -0.445 e. The Kier molecular flexibility index (Phi) is 6.00. The van der Waals surface area contributed by atoms with E-state index in [1.54, 1.807) is 4.90 Å². The Morgan fingerprint density at radius 2 is 1.58 bits per heavy atom. The number of halogens is 3. The van der Waals surface area contributed by atoms with Crippen LogP contribution < -0.4 is 0 Å². The Labute approximate surface area is 177 Å². The van der Waals surface area contributed by atoms with E-state index >= 15 is 0 Å². The normalized spacial score (nSPS) is 23.3. The van der Waals surface area contributed by atoms with Crippen LogP contribution in [0.1, 0.15) is 34.3 Å². The molecule has 2 fully saturated rings. The summed E-state index contributed by atoms with van der Waals surface area (Å²) in [5, 5.41) is 0. The van der Waals surface area contributed by atoms with Crippen LogP contribution in [0.5, 0.6) is 0 Å². The van der Waals surface area contributed by atoms with Crippen molar-refractivity contribution in [3.05, 3.63) is 71.3 Å². The second-order valence-corrected chi connectivity index (χ2v) is 7.87. The number of morpholine rings is 1. The van der Waals surface area contributed by atoms with E-state index in [-0.39, 0.29) is 38.2 Å². The lowest BCUT2D eigenvalue weighted by molar-refractivity contribution is -0.138. The molecule has 8 heteroatoms. The quantitative estimate of drug-likeness (QED) is 0.656. The number of hydrogen-bond acceptors (Lipinski definition) is 4. The number of rotatable bonds is 4. The fourth-order valence-electron chi connectivity index (χ4n) is 4.39. The summed E-state index contributed by atoms with van der Waals surface area (Å²) in [5.41, 5.74) is -0.392. The van der Waals surface area contributed by atoms with Crippen molar-refractivity contribution in [3.63, 3.8) is 0 Å². The molecule has 0 aromatic heterocycles. The molecule has 2 aliphatic rings. The number of carbonyl (C=O) groups is 2. The first-order valence-electron chi connectivity index (χ1n) is 10.1. The molecule has 0 radical (unpaired) electrons. The zero-order valence-electron chi connectivity index (χ0n) is 16.7. The van der Waals surface area contributed by atoms with Gasteiger partial charge in [0.05, 0.1) is 30.9 Å². The van der Waals surface area contributed by atoms with Crippen molar-refractivity contribution < 1.29 is 32.2 Å². The van der Waals surface area contributed by atoms with E-state index in [4.69, 9.17) is 9.47 Å². The molecule has 0 saturated carbocycles. The zero-order chi connectivity index (χ0) is 22.0. The molecule has 2 aromatic rings. The van der Waals surface area contributed by atoms with Gasteiger partial charge < -0.3 is 9.47 Å². The molecule has 31 heavy (non-hydrogen) atoms. The smallest absolute Gasteiger partial charge is 0.417 e. The third kappa shape index (κ3) is 4.58. The second-order valence-electron chi connectivity index (χ2n) is 7.87. The standard InChI is InChI=1S/C23H22F3NO4/c24-23(25,26)20-9-5-4-8-19(20)21(28)16-10-17-13-30-14-18(11-16)27(17)22(29)31-12-15-6-2-1-3-7-15/h1-9,16-18H,10-14H2. The van der Waals surface area contributed by atoms with Gasteiger partial charge in [-0.25, -0.2) is 4.79 Å². The highest BCUT2D eigenvalue weighted by Crippen LogP contribution is 2.37. The molecule has 0 N–H and O–H groups in total. The van der Waals surface area contributed by atoms with Crippen molar-refractivity contribution in [3.8, 4) is 0 Å². The van der Waals surface area contributed by atoms with Crippen LogP contribution >= 0.6 is 0 Å². The van der Waals surface area contributed by atoms with E-state index in [0.29, 0.717) is 0 Å². The number of carbonyl (C=O) groups excluding carboxylic acids is 2. The number of hydrogen-bond donors (Lipinski definition) is 0. The Morgan fingerprint density at radius 1 is 0.968 bits per heavy atom. The van der Waals surface area contributed by atoms with E-state index in [9.17, 15) is 22.8 Å². The third-order valence-corrected chi connectivity index (χ3v) is 5.81. The van der Waals surface area contributed by atoms with Crippen LogP contribution in [0.15, 0.2) is 54.6 Å². The van der Waals surface area contributed by atoms with Gasteiger partial charge in [-0.2, -0.15) is 13.2 Å². The summed E-state index contributed by atoms with van der Waals surface area (Å²) in [4.78, 5) is 27.3. The first kappa shape index (κ1) is 21.4. The fourth-order valence-corrected chi connectivity index (χ4v) is 4.39. The van der Waals surface area contributed by atoms with Crippen LogP contribution in [0.25, 0.3) is 0 Å².